The Morgan fingerprint density at radius 3 is 3.00 bits per heavy atom. The Kier molecular flexibility index (Phi) is 2.22. The standard InChI is InChI=1S/C7H11NS/c1-9-7-4-2-3-6(8)5-7/h2-3,5,7H,4,8H2,1H3. The predicted octanol–water partition coefficient (Wildman–Crippen LogP) is 1.52. The highest BCUT2D eigenvalue weighted by Crippen LogP contribution is 2.17. The lowest BCUT2D eigenvalue weighted by molar-refractivity contribution is 1.03. The van der Waals surface area contributed by atoms with Crippen LogP contribution in [0.15, 0.2) is 23.9 Å². The first kappa shape index (κ1) is 6.75. The summed E-state index contributed by atoms with van der Waals surface area (Å²) in [6, 6.07) is 0. The number of rotatable bonds is 1. The molecular weight excluding hydrogens is 130 g/mol. The molecule has 0 saturated carbocycles. The molecule has 0 aromatic carbocycles. The van der Waals surface area contributed by atoms with Gasteiger partial charge in [-0.3, -0.25) is 0 Å². The molecule has 2 N–H and O–H groups in total. The van der Waals surface area contributed by atoms with Gasteiger partial charge < -0.3 is 5.73 Å². The van der Waals surface area contributed by atoms with Gasteiger partial charge in [0, 0.05) is 10.9 Å². The third-order valence-corrected chi connectivity index (χ3v) is 2.29. The van der Waals surface area contributed by atoms with Gasteiger partial charge in [-0.15, -0.1) is 0 Å². The summed E-state index contributed by atoms with van der Waals surface area (Å²) < 4.78 is 0. The molecule has 0 heterocycles. The summed E-state index contributed by atoms with van der Waals surface area (Å²) in [5.41, 5.74) is 6.46. The van der Waals surface area contributed by atoms with Crippen LogP contribution >= 0.6 is 11.8 Å². The van der Waals surface area contributed by atoms with Gasteiger partial charge in [0.05, 0.1) is 0 Å². The molecule has 1 atom stereocenters. The van der Waals surface area contributed by atoms with Crippen molar-refractivity contribution >= 4 is 11.8 Å². The molecule has 1 unspecified atom stereocenters. The normalized spacial score (nSPS) is 25.9. The average Bonchev–Trinajstić information content (AvgIpc) is 1.88. The number of thioether (sulfide) groups is 1. The highest BCUT2D eigenvalue weighted by Gasteiger charge is 2.03. The van der Waals surface area contributed by atoms with E-state index < -0.39 is 0 Å². The number of hydrogen-bond donors (Lipinski definition) is 1. The summed E-state index contributed by atoms with van der Waals surface area (Å²) in [7, 11) is 0. The van der Waals surface area contributed by atoms with Gasteiger partial charge in [0.2, 0.25) is 0 Å². The maximum atomic E-state index is 5.56. The molecule has 0 aromatic rings. The van der Waals surface area contributed by atoms with E-state index >= 15 is 0 Å². The van der Waals surface area contributed by atoms with Crippen molar-refractivity contribution in [3.05, 3.63) is 23.9 Å². The molecule has 1 aliphatic carbocycles. The minimum absolute atomic E-state index is 0.606. The van der Waals surface area contributed by atoms with E-state index in [2.05, 4.69) is 18.4 Å². The van der Waals surface area contributed by atoms with E-state index in [0.29, 0.717) is 5.25 Å². The van der Waals surface area contributed by atoms with Gasteiger partial charge in [0.1, 0.15) is 0 Å². The summed E-state index contributed by atoms with van der Waals surface area (Å²) in [6.45, 7) is 0. The largest absolute Gasteiger partial charge is 0.399 e. The first-order valence-electron chi connectivity index (χ1n) is 2.99. The molecule has 0 saturated heterocycles. The summed E-state index contributed by atoms with van der Waals surface area (Å²) in [6.07, 6.45) is 9.42. The van der Waals surface area contributed by atoms with E-state index in [-0.39, 0.29) is 0 Å². The quantitative estimate of drug-likeness (QED) is 0.599. The van der Waals surface area contributed by atoms with Crippen LogP contribution in [0, 0.1) is 0 Å². The molecule has 0 aromatic heterocycles. The molecule has 1 nitrogen and oxygen atoms in total. The minimum atomic E-state index is 0.606. The van der Waals surface area contributed by atoms with E-state index in [0.717, 1.165) is 12.1 Å². The van der Waals surface area contributed by atoms with E-state index in [1.807, 2.05) is 17.8 Å². The molecule has 0 bridgehead atoms. The van der Waals surface area contributed by atoms with Crippen LogP contribution in [0.1, 0.15) is 6.42 Å². The monoisotopic (exact) mass is 141 g/mol. The van der Waals surface area contributed by atoms with Crippen LogP contribution in [-0.2, 0) is 0 Å². The molecule has 0 fully saturated rings. The maximum absolute atomic E-state index is 5.56. The third-order valence-electron chi connectivity index (χ3n) is 1.36. The van der Waals surface area contributed by atoms with Crippen molar-refractivity contribution in [1.29, 1.82) is 0 Å². The average molecular weight is 141 g/mol. The summed E-state index contributed by atoms with van der Waals surface area (Å²) in [4.78, 5) is 0. The molecule has 0 radical (unpaired) electrons. The molecule has 1 aliphatic rings. The zero-order chi connectivity index (χ0) is 6.69. The van der Waals surface area contributed by atoms with Crippen LogP contribution in [-0.4, -0.2) is 11.5 Å². The van der Waals surface area contributed by atoms with Gasteiger partial charge in [-0.25, -0.2) is 0 Å². The SMILES string of the molecule is CSC1C=C(N)C=CC1. The smallest absolute Gasteiger partial charge is 0.0281 e. The topological polar surface area (TPSA) is 26.0 Å². The summed E-state index contributed by atoms with van der Waals surface area (Å²) in [5, 5.41) is 0.606. The predicted molar refractivity (Wildman–Crippen MR) is 43.3 cm³/mol. The Bertz CT molecular complexity index is 149. The van der Waals surface area contributed by atoms with Gasteiger partial charge in [-0.1, -0.05) is 6.08 Å². The molecule has 0 aliphatic heterocycles. The van der Waals surface area contributed by atoms with Gasteiger partial charge >= 0.3 is 0 Å². The van der Waals surface area contributed by atoms with Crippen molar-refractivity contribution in [2.24, 2.45) is 5.73 Å². The second-order valence-corrected chi connectivity index (χ2v) is 3.16. The van der Waals surface area contributed by atoms with Crippen LogP contribution < -0.4 is 5.73 Å². The van der Waals surface area contributed by atoms with Gasteiger partial charge in [0.15, 0.2) is 0 Å². The molecule has 0 amide bonds. The summed E-state index contributed by atoms with van der Waals surface area (Å²) >= 11 is 1.84. The number of allylic oxidation sites excluding steroid dienone is 2. The van der Waals surface area contributed by atoms with Gasteiger partial charge in [-0.2, -0.15) is 11.8 Å². The Morgan fingerprint density at radius 1 is 1.78 bits per heavy atom. The fourth-order valence-corrected chi connectivity index (χ4v) is 1.44. The van der Waals surface area contributed by atoms with E-state index in [9.17, 15) is 0 Å². The second-order valence-electron chi connectivity index (χ2n) is 2.08. The Hall–Kier alpha value is -0.370. The van der Waals surface area contributed by atoms with Crippen molar-refractivity contribution in [1.82, 2.24) is 0 Å². The minimum Gasteiger partial charge on any atom is -0.399 e. The molecular formula is C7H11NS. The Labute approximate surface area is 60.0 Å². The zero-order valence-corrected chi connectivity index (χ0v) is 6.32. The molecule has 0 spiro atoms. The fraction of sp³-hybridized carbons (Fsp3) is 0.429. The van der Waals surface area contributed by atoms with E-state index in [1.165, 1.54) is 0 Å². The lowest BCUT2D eigenvalue weighted by Gasteiger charge is -2.10. The molecule has 2 heteroatoms. The van der Waals surface area contributed by atoms with Gasteiger partial charge in [0.25, 0.3) is 0 Å². The first-order valence-corrected chi connectivity index (χ1v) is 4.28. The molecule has 9 heavy (non-hydrogen) atoms. The van der Waals surface area contributed by atoms with Crippen LogP contribution in [0.5, 0.6) is 0 Å². The van der Waals surface area contributed by atoms with Crippen LogP contribution in [0.2, 0.25) is 0 Å². The zero-order valence-electron chi connectivity index (χ0n) is 5.50. The van der Waals surface area contributed by atoms with E-state index in [4.69, 9.17) is 5.73 Å². The highest BCUT2D eigenvalue weighted by atomic mass is 32.2. The number of hydrogen-bond acceptors (Lipinski definition) is 2. The lowest BCUT2D eigenvalue weighted by atomic mass is 10.1. The first-order chi connectivity index (χ1) is 4.33. The van der Waals surface area contributed by atoms with Crippen molar-refractivity contribution in [2.45, 2.75) is 11.7 Å². The fourth-order valence-electron chi connectivity index (χ4n) is 0.841. The highest BCUT2D eigenvalue weighted by molar-refractivity contribution is 7.99. The van der Waals surface area contributed by atoms with Crippen molar-refractivity contribution in [2.75, 3.05) is 6.26 Å². The number of nitrogens with two attached hydrogens (primary N) is 1. The molecule has 50 valence electrons. The third kappa shape index (κ3) is 1.79. The van der Waals surface area contributed by atoms with Crippen LogP contribution in [0.4, 0.5) is 0 Å². The Morgan fingerprint density at radius 2 is 2.56 bits per heavy atom. The maximum Gasteiger partial charge on any atom is 0.0281 e. The van der Waals surface area contributed by atoms with Crippen LogP contribution in [0.25, 0.3) is 0 Å². The van der Waals surface area contributed by atoms with Gasteiger partial charge in [-0.05, 0) is 24.8 Å². The Balaban J connectivity index is 2.55. The van der Waals surface area contributed by atoms with Crippen LogP contribution in [0.3, 0.4) is 0 Å². The van der Waals surface area contributed by atoms with Crippen molar-refractivity contribution < 1.29 is 0 Å². The molecule has 1 rings (SSSR count). The van der Waals surface area contributed by atoms with E-state index in [1.54, 1.807) is 0 Å². The summed E-state index contributed by atoms with van der Waals surface area (Å²) in [5.74, 6) is 0. The lowest BCUT2D eigenvalue weighted by Crippen LogP contribution is -2.05. The van der Waals surface area contributed by atoms with Crippen molar-refractivity contribution in [3.63, 3.8) is 0 Å². The van der Waals surface area contributed by atoms with Crippen molar-refractivity contribution in [3.8, 4) is 0 Å². The second kappa shape index (κ2) is 2.97.